The summed E-state index contributed by atoms with van der Waals surface area (Å²) in [6.45, 7) is 1.60. The first kappa shape index (κ1) is 15.7. The van der Waals surface area contributed by atoms with E-state index in [1.54, 1.807) is 19.1 Å². The van der Waals surface area contributed by atoms with Gasteiger partial charge in [-0.3, -0.25) is 10.1 Å². The number of nitrogens with zero attached hydrogens (tertiary/aromatic N) is 1. The second-order valence-corrected chi connectivity index (χ2v) is 7.84. The molecule has 1 aliphatic carbocycles. The number of hydrogen-bond acceptors (Lipinski definition) is 5. The van der Waals surface area contributed by atoms with Gasteiger partial charge < -0.3 is 4.52 Å². The van der Waals surface area contributed by atoms with E-state index < -0.39 is 9.84 Å². The van der Waals surface area contributed by atoms with Crippen molar-refractivity contribution < 1.29 is 17.7 Å². The maximum absolute atomic E-state index is 12.1. The van der Waals surface area contributed by atoms with Crippen LogP contribution >= 0.6 is 0 Å². The lowest BCUT2D eigenvalue weighted by Gasteiger charge is -2.05. The van der Waals surface area contributed by atoms with Gasteiger partial charge in [-0.15, -0.1) is 0 Å². The van der Waals surface area contributed by atoms with Crippen LogP contribution in [0.5, 0.6) is 0 Å². The number of nitrogens with one attached hydrogen (secondary N) is 1. The predicted molar refractivity (Wildman–Crippen MR) is 85.0 cm³/mol. The molecule has 23 heavy (non-hydrogen) atoms. The van der Waals surface area contributed by atoms with Crippen molar-refractivity contribution in [3.63, 3.8) is 0 Å². The van der Waals surface area contributed by atoms with Crippen molar-refractivity contribution >= 4 is 21.6 Å². The summed E-state index contributed by atoms with van der Waals surface area (Å²) in [5, 5.41) is 6.69. The number of sulfone groups is 1. The first-order chi connectivity index (χ1) is 11.0. The minimum atomic E-state index is -3.22. The molecule has 6 nitrogen and oxygen atoms in total. The molecule has 0 unspecified atom stereocenters. The second kappa shape index (κ2) is 6.16. The lowest BCUT2D eigenvalue weighted by Crippen LogP contribution is -2.15. The quantitative estimate of drug-likeness (QED) is 0.905. The topological polar surface area (TPSA) is 89.3 Å². The molecule has 1 heterocycles. The van der Waals surface area contributed by atoms with Crippen molar-refractivity contribution in [1.82, 2.24) is 5.16 Å². The highest BCUT2D eigenvalue weighted by atomic mass is 32.2. The van der Waals surface area contributed by atoms with Crippen LogP contribution in [0.4, 0.5) is 5.88 Å². The van der Waals surface area contributed by atoms with Crippen molar-refractivity contribution in [2.24, 2.45) is 0 Å². The molecule has 1 aliphatic rings. The van der Waals surface area contributed by atoms with Gasteiger partial charge in [-0.1, -0.05) is 24.2 Å². The molecular weight excluding hydrogens is 316 g/mol. The monoisotopic (exact) mass is 334 g/mol. The highest BCUT2D eigenvalue weighted by Crippen LogP contribution is 2.28. The number of benzene rings is 1. The van der Waals surface area contributed by atoms with E-state index in [-0.39, 0.29) is 23.0 Å². The Labute approximate surface area is 134 Å². The fraction of sp³-hybridized carbons (Fsp3) is 0.375. The van der Waals surface area contributed by atoms with Gasteiger partial charge in [0.1, 0.15) is 0 Å². The summed E-state index contributed by atoms with van der Waals surface area (Å²) in [5.41, 5.74) is 2.66. The number of carbonyl (C=O) groups excluding carboxylic acids is 1. The van der Waals surface area contributed by atoms with Crippen molar-refractivity contribution in [2.45, 2.75) is 37.5 Å². The molecule has 3 rings (SSSR count). The minimum absolute atomic E-state index is 0.0590. The predicted octanol–water partition coefficient (Wildman–Crippen LogP) is 2.14. The zero-order valence-electron chi connectivity index (χ0n) is 12.8. The van der Waals surface area contributed by atoms with Gasteiger partial charge in [0.05, 0.1) is 22.8 Å². The molecule has 122 valence electrons. The number of aryl methyl sites for hydroxylation is 1. The summed E-state index contributed by atoms with van der Waals surface area (Å²) in [5.74, 6) is 0.290. The normalized spacial score (nSPS) is 13.8. The molecule has 1 aromatic heterocycles. The van der Waals surface area contributed by atoms with E-state index in [4.69, 9.17) is 4.52 Å². The Morgan fingerprint density at radius 2 is 2.00 bits per heavy atom. The lowest BCUT2D eigenvalue weighted by atomic mass is 10.1. The summed E-state index contributed by atoms with van der Waals surface area (Å²) in [7, 11) is -3.22. The maximum Gasteiger partial charge on any atom is 0.234 e. The molecule has 1 amide bonds. The van der Waals surface area contributed by atoms with Crippen LogP contribution in [0.3, 0.4) is 0 Å². The molecule has 0 spiro atoms. The number of hydrogen-bond donors (Lipinski definition) is 1. The molecule has 2 aromatic rings. The smallest absolute Gasteiger partial charge is 0.234 e. The SMILES string of the molecule is CCS(=O)(=O)c1ccc(CC(=O)Nc2onc3c2CCC3)cc1. The van der Waals surface area contributed by atoms with Gasteiger partial charge in [0, 0.05) is 5.56 Å². The number of anilines is 1. The van der Waals surface area contributed by atoms with E-state index in [0.717, 1.165) is 36.1 Å². The van der Waals surface area contributed by atoms with Crippen molar-refractivity contribution in [1.29, 1.82) is 0 Å². The molecule has 0 saturated heterocycles. The van der Waals surface area contributed by atoms with Gasteiger partial charge in [-0.2, -0.15) is 0 Å². The van der Waals surface area contributed by atoms with E-state index in [0.29, 0.717) is 5.88 Å². The number of amides is 1. The van der Waals surface area contributed by atoms with Gasteiger partial charge in [0.2, 0.25) is 11.8 Å². The van der Waals surface area contributed by atoms with Crippen LogP contribution in [0.2, 0.25) is 0 Å². The average molecular weight is 334 g/mol. The zero-order valence-corrected chi connectivity index (χ0v) is 13.6. The Morgan fingerprint density at radius 3 is 2.70 bits per heavy atom. The van der Waals surface area contributed by atoms with Gasteiger partial charge in [0.15, 0.2) is 9.84 Å². The van der Waals surface area contributed by atoms with Gasteiger partial charge >= 0.3 is 0 Å². The van der Waals surface area contributed by atoms with Gasteiger partial charge in [0.25, 0.3) is 0 Å². The first-order valence-electron chi connectivity index (χ1n) is 7.58. The van der Waals surface area contributed by atoms with E-state index in [9.17, 15) is 13.2 Å². The Bertz CT molecular complexity index is 822. The van der Waals surface area contributed by atoms with Crippen LogP contribution in [0.25, 0.3) is 0 Å². The molecule has 0 atom stereocenters. The molecule has 7 heteroatoms. The Morgan fingerprint density at radius 1 is 1.26 bits per heavy atom. The second-order valence-electron chi connectivity index (χ2n) is 5.56. The third-order valence-corrected chi connectivity index (χ3v) is 5.74. The molecule has 0 saturated carbocycles. The number of fused-ring (bicyclic) bond motifs is 1. The van der Waals surface area contributed by atoms with E-state index >= 15 is 0 Å². The lowest BCUT2D eigenvalue weighted by molar-refractivity contribution is -0.115. The summed E-state index contributed by atoms with van der Waals surface area (Å²) in [6, 6.07) is 6.39. The summed E-state index contributed by atoms with van der Waals surface area (Å²) >= 11 is 0. The van der Waals surface area contributed by atoms with Crippen molar-refractivity contribution in [3.8, 4) is 0 Å². The molecular formula is C16H18N2O4S. The maximum atomic E-state index is 12.1. The van der Waals surface area contributed by atoms with E-state index in [1.807, 2.05) is 0 Å². The Hall–Kier alpha value is -2.15. The van der Waals surface area contributed by atoms with Crippen molar-refractivity contribution in [2.75, 3.05) is 11.1 Å². The summed E-state index contributed by atoms with van der Waals surface area (Å²) < 4.78 is 28.7. The molecule has 0 radical (unpaired) electrons. The average Bonchev–Trinajstić information content (AvgIpc) is 3.13. The van der Waals surface area contributed by atoms with Gasteiger partial charge in [-0.05, 0) is 37.0 Å². The van der Waals surface area contributed by atoms with Crippen LogP contribution in [-0.4, -0.2) is 25.2 Å². The summed E-state index contributed by atoms with van der Waals surface area (Å²) in [6.07, 6.45) is 2.95. The van der Waals surface area contributed by atoms with Crippen molar-refractivity contribution in [3.05, 3.63) is 41.1 Å². The van der Waals surface area contributed by atoms with Crippen LogP contribution in [0.15, 0.2) is 33.7 Å². The Balaban J connectivity index is 1.66. The van der Waals surface area contributed by atoms with Crippen LogP contribution < -0.4 is 5.32 Å². The van der Waals surface area contributed by atoms with Crippen LogP contribution in [0, 0.1) is 0 Å². The van der Waals surface area contributed by atoms with Crippen LogP contribution in [0.1, 0.15) is 30.2 Å². The first-order valence-corrected chi connectivity index (χ1v) is 9.24. The fourth-order valence-corrected chi connectivity index (χ4v) is 3.55. The van der Waals surface area contributed by atoms with E-state index in [1.165, 1.54) is 12.1 Å². The highest BCUT2D eigenvalue weighted by Gasteiger charge is 2.22. The molecule has 1 aromatic carbocycles. The number of rotatable bonds is 5. The molecule has 0 fully saturated rings. The molecule has 1 N–H and O–H groups in total. The number of carbonyl (C=O) groups is 1. The van der Waals surface area contributed by atoms with E-state index in [2.05, 4.69) is 10.5 Å². The Kier molecular flexibility index (Phi) is 4.21. The zero-order chi connectivity index (χ0) is 16.4. The molecule has 0 bridgehead atoms. The molecule has 0 aliphatic heterocycles. The van der Waals surface area contributed by atoms with Crippen LogP contribution in [-0.2, 0) is 33.9 Å². The standard InChI is InChI=1S/C16H18N2O4S/c1-2-23(20,21)12-8-6-11(7-9-12)10-15(19)17-16-13-4-3-5-14(13)18-22-16/h6-9H,2-5,10H2,1H3,(H,17,19). The largest absolute Gasteiger partial charge is 0.338 e. The number of aromatic nitrogens is 1. The van der Waals surface area contributed by atoms with Gasteiger partial charge in [-0.25, -0.2) is 8.42 Å². The minimum Gasteiger partial charge on any atom is -0.338 e. The summed E-state index contributed by atoms with van der Waals surface area (Å²) in [4.78, 5) is 12.4. The fourth-order valence-electron chi connectivity index (χ4n) is 2.66. The third kappa shape index (κ3) is 3.29. The highest BCUT2D eigenvalue weighted by molar-refractivity contribution is 7.91. The third-order valence-electron chi connectivity index (χ3n) is 3.99.